The van der Waals surface area contributed by atoms with Gasteiger partial charge in [0.25, 0.3) is 0 Å². The van der Waals surface area contributed by atoms with Crippen LogP contribution in [0.4, 0.5) is 0 Å². The van der Waals surface area contributed by atoms with E-state index in [0.29, 0.717) is 0 Å². The van der Waals surface area contributed by atoms with E-state index in [1.807, 2.05) is 13.8 Å². The molecule has 0 saturated carbocycles. The first-order chi connectivity index (χ1) is 9.44. The van der Waals surface area contributed by atoms with E-state index < -0.39 is 23.8 Å². The van der Waals surface area contributed by atoms with E-state index in [4.69, 9.17) is 0 Å². The van der Waals surface area contributed by atoms with Gasteiger partial charge in [-0.1, -0.05) is 20.3 Å². The average molecular weight is 288 g/mol. The van der Waals surface area contributed by atoms with Crippen molar-refractivity contribution in [2.75, 3.05) is 20.7 Å². The maximum Gasteiger partial charge on any atom is 0.431 e. The predicted molar refractivity (Wildman–Crippen MR) is 71.0 cm³/mol. The number of carbonyl (C=O) groups excluding carboxylic acids is 4. The van der Waals surface area contributed by atoms with Gasteiger partial charge in [-0.25, -0.2) is 9.59 Å². The molecule has 0 aliphatic carbocycles. The van der Waals surface area contributed by atoms with Crippen molar-refractivity contribution in [3.8, 4) is 12.5 Å². The lowest BCUT2D eigenvalue weighted by molar-refractivity contribution is -0.163. The molecule has 8 heteroatoms. The molecular formula is C12H20N2O6. The quantitative estimate of drug-likeness (QED) is 0.371. The van der Waals surface area contributed by atoms with Crippen molar-refractivity contribution in [1.29, 1.82) is 0 Å². The van der Waals surface area contributed by atoms with Crippen LogP contribution < -0.4 is 10.6 Å². The summed E-state index contributed by atoms with van der Waals surface area (Å²) in [4.78, 5) is 41.1. The third kappa shape index (κ3) is 13.5. The lowest BCUT2D eigenvalue weighted by atomic mass is 10.6. The smallest absolute Gasteiger partial charge is 0.431 e. The molecule has 0 aromatic carbocycles. The molecule has 114 valence electrons. The molecule has 8 nitrogen and oxygen atoms in total. The van der Waals surface area contributed by atoms with Gasteiger partial charge in [-0.05, 0) is 6.92 Å². The van der Waals surface area contributed by atoms with Crippen molar-refractivity contribution >= 4 is 23.8 Å². The molecule has 0 unspecified atom stereocenters. The fraction of sp³-hybridized carbons (Fsp3) is 0.500. The van der Waals surface area contributed by atoms with Gasteiger partial charge in [0.1, 0.15) is 6.11 Å². The Labute approximate surface area is 118 Å². The Balaban J connectivity index is -0.000000262. The third-order valence-electron chi connectivity index (χ3n) is 1.25. The first-order valence-corrected chi connectivity index (χ1v) is 5.71. The van der Waals surface area contributed by atoms with Crippen LogP contribution in [-0.4, -0.2) is 44.5 Å². The highest BCUT2D eigenvalue weighted by Gasteiger charge is 2.15. The topological polar surface area (TPSA) is 111 Å². The zero-order valence-corrected chi connectivity index (χ0v) is 12.2. The average Bonchev–Trinajstić information content (AvgIpc) is 2.48. The van der Waals surface area contributed by atoms with E-state index in [-0.39, 0.29) is 6.61 Å². The first-order valence-electron chi connectivity index (χ1n) is 5.71. The van der Waals surface area contributed by atoms with Crippen molar-refractivity contribution in [2.24, 2.45) is 0 Å². The Morgan fingerprint density at radius 2 is 1.40 bits per heavy atom. The predicted octanol–water partition coefficient (Wildman–Crippen LogP) is -0.812. The number of amides is 2. The second-order valence-corrected chi connectivity index (χ2v) is 2.39. The molecule has 2 N–H and O–H groups in total. The van der Waals surface area contributed by atoms with Crippen LogP contribution in [0.15, 0.2) is 0 Å². The van der Waals surface area contributed by atoms with Crippen LogP contribution in [0.2, 0.25) is 0 Å². The zero-order chi connectivity index (χ0) is 16.6. The first kappa shape index (κ1) is 22.6. The molecular weight excluding hydrogens is 268 g/mol. The van der Waals surface area contributed by atoms with Crippen LogP contribution in [0, 0.1) is 12.5 Å². The largest absolute Gasteiger partial charge is 0.458 e. The number of likely N-dealkylation sites (N-methyl/N-ethyl adjacent to an activating group) is 2. The Bertz CT molecular complexity index is 345. The normalized spacial score (nSPS) is 7.20. The molecule has 0 heterocycles. The number of ether oxygens (including phenoxy) is 2. The van der Waals surface area contributed by atoms with E-state index in [1.165, 1.54) is 14.1 Å². The van der Waals surface area contributed by atoms with E-state index in [2.05, 4.69) is 26.5 Å². The molecule has 0 atom stereocenters. The summed E-state index contributed by atoms with van der Waals surface area (Å²) in [6.07, 6.45) is 6.12. The highest BCUT2D eigenvalue weighted by atomic mass is 16.6. The number of nitrogens with one attached hydrogen (secondary N) is 2. The maximum atomic E-state index is 10.3. The molecule has 0 spiro atoms. The lowest BCUT2D eigenvalue weighted by Crippen LogP contribution is -2.35. The summed E-state index contributed by atoms with van der Waals surface area (Å²) < 4.78 is 8.12. The number of hydrogen-bond donors (Lipinski definition) is 2. The van der Waals surface area contributed by atoms with Crippen LogP contribution in [0.1, 0.15) is 20.8 Å². The van der Waals surface area contributed by atoms with Gasteiger partial charge in [-0.2, -0.15) is 0 Å². The fourth-order valence-electron chi connectivity index (χ4n) is 0.512. The second kappa shape index (κ2) is 16.4. The van der Waals surface area contributed by atoms with Gasteiger partial charge in [0.15, 0.2) is 0 Å². The molecule has 0 bridgehead atoms. The summed E-state index contributed by atoms with van der Waals surface area (Å²) in [7, 11) is 2.80. The number of rotatable bonds is 1. The van der Waals surface area contributed by atoms with Crippen LogP contribution in [0.25, 0.3) is 0 Å². The SMILES string of the molecule is C#COC(=O)C(=O)OCC.CC.CNC(=O)C(=O)NC. The number of hydrogen-bond acceptors (Lipinski definition) is 6. The standard InChI is InChI=1S/C6H6O4.C4H8N2O2.C2H6/c1-3-9-5(7)6(8)10-4-2;1-5-3(7)4(8)6-2;1-2/h1H,4H2,2H3;1-2H3,(H,5,7)(H,6,8);1-2H3. The summed E-state index contributed by atoms with van der Waals surface area (Å²) in [6, 6.07) is 0. The van der Waals surface area contributed by atoms with Gasteiger partial charge in [0.2, 0.25) is 0 Å². The van der Waals surface area contributed by atoms with Crippen molar-refractivity contribution in [1.82, 2.24) is 10.6 Å². The highest BCUT2D eigenvalue weighted by Crippen LogP contribution is 1.81. The molecule has 20 heavy (non-hydrogen) atoms. The summed E-state index contributed by atoms with van der Waals surface area (Å²) >= 11 is 0. The van der Waals surface area contributed by atoms with Crippen LogP contribution >= 0.6 is 0 Å². The maximum absolute atomic E-state index is 10.3. The Kier molecular flexibility index (Phi) is 18.6. The molecule has 0 aliphatic rings. The van der Waals surface area contributed by atoms with E-state index in [9.17, 15) is 19.2 Å². The minimum atomic E-state index is -1.16. The van der Waals surface area contributed by atoms with E-state index in [0.717, 1.165) is 0 Å². The van der Waals surface area contributed by atoms with Crippen LogP contribution in [0.3, 0.4) is 0 Å². The molecule has 0 aliphatic heterocycles. The highest BCUT2D eigenvalue weighted by molar-refractivity contribution is 6.34. The van der Waals surface area contributed by atoms with Gasteiger partial charge >= 0.3 is 23.8 Å². The van der Waals surface area contributed by atoms with Crippen molar-refractivity contribution in [3.63, 3.8) is 0 Å². The van der Waals surface area contributed by atoms with Crippen LogP contribution in [0.5, 0.6) is 0 Å². The second-order valence-electron chi connectivity index (χ2n) is 2.39. The van der Waals surface area contributed by atoms with Gasteiger partial charge in [-0.15, -0.1) is 0 Å². The molecule has 0 radical (unpaired) electrons. The Hall–Kier alpha value is -2.56. The van der Waals surface area contributed by atoms with Crippen molar-refractivity contribution < 1.29 is 28.7 Å². The summed E-state index contributed by atoms with van der Waals surface area (Å²) in [5.74, 6) is -3.47. The van der Waals surface area contributed by atoms with Gasteiger partial charge in [0, 0.05) is 14.1 Å². The molecule has 0 aromatic heterocycles. The van der Waals surface area contributed by atoms with E-state index in [1.54, 1.807) is 13.0 Å². The Morgan fingerprint density at radius 3 is 1.65 bits per heavy atom. The number of terminal acetylenes is 1. The third-order valence-corrected chi connectivity index (χ3v) is 1.25. The van der Waals surface area contributed by atoms with Crippen molar-refractivity contribution in [3.05, 3.63) is 0 Å². The molecule has 0 fully saturated rings. The summed E-state index contributed by atoms with van der Waals surface area (Å²) in [5, 5.41) is 4.33. The summed E-state index contributed by atoms with van der Waals surface area (Å²) in [6.45, 7) is 5.69. The van der Waals surface area contributed by atoms with Gasteiger partial charge in [-0.3, -0.25) is 9.59 Å². The number of esters is 2. The molecule has 0 saturated heterocycles. The molecule has 2 amide bonds. The number of carbonyl (C=O) groups is 4. The zero-order valence-electron chi connectivity index (χ0n) is 12.2. The molecule has 0 aromatic rings. The van der Waals surface area contributed by atoms with Crippen molar-refractivity contribution in [2.45, 2.75) is 20.8 Å². The lowest BCUT2D eigenvalue weighted by Gasteiger charge is -1.95. The van der Waals surface area contributed by atoms with Gasteiger partial charge in [0.05, 0.1) is 6.61 Å². The fourth-order valence-corrected chi connectivity index (χ4v) is 0.512. The van der Waals surface area contributed by atoms with Gasteiger partial charge < -0.3 is 20.1 Å². The van der Waals surface area contributed by atoms with Crippen LogP contribution in [-0.2, 0) is 28.7 Å². The van der Waals surface area contributed by atoms with E-state index >= 15 is 0 Å². The minimum Gasteiger partial charge on any atom is -0.458 e. The monoisotopic (exact) mass is 288 g/mol. The minimum absolute atomic E-state index is 0.124. The molecule has 0 rings (SSSR count). The summed E-state index contributed by atoms with van der Waals surface area (Å²) in [5.41, 5.74) is 0. The Morgan fingerprint density at radius 1 is 1.00 bits per heavy atom.